The highest BCUT2D eigenvalue weighted by atomic mass is 16.5. The van der Waals surface area contributed by atoms with E-state index < -0.39 is 6.04 Å². The number of carbonyl (C=O) groups excluding carboxylic acids is 3. The third-order valence-corrected chi connectivity index (χ3v) is 5.58. The van der Waals surface area contributed by atoms with Crippen molar-refractivity contribution in [3.63, 3.8) is 0 Å². The number of hydrogen-bond donors (Lipinski definition) is 4. The van der Waals surface area contributed by atoms with Gasteiger partial charge in [0, 0.05) is 25.1 Å². The predicted octanol–water partition coefficient (Wildman–Crippen LogP) is 4.13. The number of unbranched alkanes of at least 4 members (excludes halogenated alkanes) is 3. The second-order valence-electron chi connectivity index (χ2n) is 8.41. The molecule has 0 radical (unpaired) electrons. The summed E-state index contributed by atoms with van der Waals surface area (Å²) in [6, 6.07) is 17.2. The zero-order chi connectivity index (χ0) is 25.3. The lowest BCUT2D eigenvalue weighted by molar-refractivity contribution is -0.145. The van der Waals surface area contributed by atoms with Crippen LogP contribution in [0, 0.1) is 0 Å². The van der Waals surface area contributed by atoms with Gasteiger partial charge in [0.15, 0.2) is 0 Å². The summed E-state index contributed by atoms with van der Waals surface area (Å²) in [5, 5.41) is 14.7. The first-order chi connectivity index (χ1) is 17.0. The number of ether oxygens (including phenoxy) is 1. The van der Waals surface area contributed by atoms with E-state index in [1.54, 1.807) is 12.4 Å². The van der Waals surface area contributed by atoms with Crippen LogP contribution >= 0.6 is 0 Å². The molecule has 2 amide bonds. The van der Waals surface area contributed by atoms with Crippen molar-refractivity contribution >= 4 is 23.5 Å². The van der Waals surface area contributed by atoms with E-state index in [-0.39, 0.29) is 24.2 Å². The first-order valence-corrected chi connectivity index (χ1v) is 12.3. The molecule has 0 heterocycles. The average molecular weight is 484 g/mol. The summed E-state index contributed by atoms with van der Waals surface area (Å²) in [4.78, 5) is 35.7. The van der Waals surface area contributed by atoms with E-state index >= 15 is 0 Å². The highest BCUT2D eigenvalue weighted by Gasteiger charge is 2.19. The topological polar surface area (TPSA) is 117 Å². The number of benzene rings is 2. The van der Waals surface area contributed by atoms with Crippen molar-refractivity contribution in [3.8, 4) is 0 Å². The smallest absolute Gasteiger partial charge is 0.323 e. The molecule has 2 rings (SSSR count). The summed E-state index contributed by atoms with van der Waals surface area (Å²) in [6.07, 6.45) is 5.16. The van der Waals surface area contributed by atoms with E-state index in [4.69, 9.17) is 9.94 Å². The lowest BCUT2D eigenvalue weighted by atomic mass is 10.0. The highest BCUT2D eigenvalue weighted by Crippen LogP contribution is 2.14. The van der Waals surface area contributed by atoms with Crippen LogP contribution in [0.25, 0.3) is 0 Å². The molecule has 0 saturated carbocycles. The summed E-state index contributed by atoms with van der Waals surface area (Å²) in [5.41, 5.74) is 4.46. The molecular weight excluding hydrogens is 446 g/mol. The molecule has 1 unspecified atom stereocenters. The lowest BCUT2D eigenvalue weighted by Crippen LogP contribution is -2.38. The Bertz CT molecular complexity index is 920. The average Bonchev–Trinajstić information content (AvgIpc) is 2.87. The third-order valence-electron chi connectivity index (χ3n) is 5.58. The molecule has 1 atom stereocenters. The maximum Gasteiger partial charge on any atom is 0.323 e. The van der Waals surface area contributed by atoms with E-state index in [2.05, 4.69) is 10.6 Å². The molecule has 4 N–H and O–H groups in total. The monoisotopic (exact) mass is 483 g/mol. The Morgan fingerprint density at radius 3 is 2.26 bits per heavy atom. The predicted molar refractivity (Wildman–Crippen MR) is 135 cm³/mol. The molecule has 0 saturated heterocycles. The molecule has 8 nitrogen and oxygen atoms in total. The lowest BCUT2D eigenvalue weighted by Gasteiger charge is -2.18. The normalized spacial score (nSPS) is 11.5. The van der Waals surface area contributed by atoms with Crippen LogP contribution in [0.1, 0.15) is 63.0 Å². The van der Waals surface area contributed by atoms with Crippen LogP contribution in [0.2, 0.25) is 0 Å². The van der Waals surface area contributed by atoms with Gasteiger partial charge in [-0.2, -0.15) is 0 Å². The van der Waals surface area contributed by atoms with Crippen LogP contribution in [-0.2, 0) is 32.1 Å². The van der Waals surface area contributed by atoms with Crippen LogP contribution in [0.5, 0.6) is 0 Å². The number of esters is 1. The SMILES string of the molecule is CCOC(=O)C(CCc1ccccc1)NCc1cccc(NC(=O)CCCCCCC(=O)NO)c1. The zero-order valence-corrected chi connectivity index (χ0v) is 20.4. The van der Waals surface area contributed by atoms with Gasteiger partial charge in [-0.25, -0.2) is 5.48 Å². The second kappa shape index (κ2) is 16.4. The molecule has 0 fully saturated rings. The Balaban J connectivity index is 1.79. The summed E-state index contributed by atoms with van der Waals surface area (Å²) in [5.74, 6) is -0.706. The van der Waals surface area contributed by atoms with Gasteiger partial charge in [-0.1, -0.05) is 55.3 Å². The molecule has 0 bridgehead atoms. The minimum Gasteiger partial charge on any atom is -0.465 e. The Morgan fingerprint density at radius 2 is 1.57 bits per heavy atom. The van der Waals surface area contributed by atoms with E-state index in [9.17, 15) is 14.4 Å². The largest absolute Gasteiger partial charge is 0.465 e. The molecule has 0 aliphatic heterocycles. The Hall–Kier alpha value is -3.23. The van der Waals surface area contributed by atoms with Crippen molar-refractivity contribution in [1.82, 2.24) is 10.8 Å². The van der Waals surface area contributed by atoms with Gasteiger partial charge in [-0.15, -0.1) is 0 Å². The number of aryl methyl sites for hydroxylation is 1. The van der Waals surface area contributed by atoms with Crippen LogP contribution in [0.15, 0.2) is 54.6 Å². The first-order valence-electron chi connectivity index (χ1n) is 12.3. The Morgan fingerprint density at radius 1 is 0.886 bits per heavy atom. The van der Waals surface area contributed by atoms with Gasteiger partial charge in [-0.3, -0.25) is 19.6 Å². The fourth-order valence-electron chi connectivity index (χ4n) is 3.71. The molecule has 8 heteroatoms. The van der Waals surface area contributed by atoms with E-state index in [1.807, 2.05) is 54.6 Å². The number of amides is 2. The fourth-order valence-corrected chi connectivity index (χ4v) is 3.71. The number of rotatable bonds is 16. The van der Waals surface area contributed by atoms with Crippen LogP contribution in [-0.4, -0.2) is 35.6 Å². The molecular formula is C27H37N3O5. The first kappa shape index (κ1) is 28.0. The third kappa shape index (κ3) is 11.6. The summed E-state index contributed by atoms with van der Waals surface area (Å²) >= 11 is 0. The van der Waals surface area contributed by atoms with Crippen molar-refractivity contribution < 1.29 is 24.3 Å². The van der Waals surface area contributed by atoms with Gasteiger partial charge < -0.3 is 15.4 Å². The number of anilines is 1. The molecule has 0 spiro atoms. The van der Waals surface area contributed by atoms with Gasteiger partial charge >= 0.3 is 5.97 Å². The number of nitrogens with one attached hydrogen (secondary N) is 3. The number of carbonyl (C=O) groups is 3. The van der Waals surface area contributed by atoms with Crippen LogP contribution in [0.3, 0.4) is 0 Å². The maximum atomic E-state index is 12.4. The minimum absolute atomic E-state index is 0.0597. The minimum atomic E-state index is -0.420. The van der Waals surface area contributed by atoms with Crippen molar-refractivity contribution in [2.75, 3.05) is 11.9 Å². The molecule has 0 aliphatic rings. The molecule has 0 aliphatic carbocycles. The van der Waals surface area contributed by atoms with Gasteiger partial charge in [0.05, 0.1) is 6.61 Å². The quantitative estimate of drug-likeness (QED) is 0.123. The highest BCUT2D eigenvalue weighted by molar-refractivity contribution is 5.90. The molecule has 2 aromatic rings. The van der Waals surface area contributed by atoms with Crippen molar-refractivity contribution in [2.45, 2.75) is 70.9 Å². The Labute approximate surface area is 207 Å². The summed E-state index contributed by atoms with van der Waals surface area (Å²) < 4.78 is 5.25. The zero-order valence-electron chi connectivity index (χ0n) is 20.4. The van der Waals surface area contributed by atoms with Gasteiger partial charge in [0.25, 0.3) is 0 Å². The molecule has 2 aromatic carbocycles. The van der Waals surface area contributed by atoms with Crippen molar-refractivity contribution in [3.05, 3.63) is 65.7 Å². The standard InChI is InChI=1S/C27H37N3O5/c1-2-35-27(33)24(18-17-21-11-6-5-7-12-21)28-20-22-13-10-14-23(19-22)29-25(31)15-8-3-4-9-16-26(32)30-34/h5-7,10-14,19,24,28,34H,2-4,8-9,15-18,20H2,1H3,(H,29,31)(H,30,32). The van der Waals surface area contributed by atoms with Gasteiger partial charge in [0.2, 0.25) is 11.8 Å². The van der Waals surface area contributed by atoms with Gasteiger partial charge in [-0.05, 0) is 55.9 Å². The van der Waals surface area contributed by atoms with Crippen molar-refractivity contribution in [2.24, 2.45) is 0 Å². The van der Waals surface area contributed by atoms with Crippen LogP contribution < -0.4 is 16.1 Å². The fraction of sp³-hybridized carbons (Fsp3) is 0.444. The van der Waals surface area contributed by atoms with Crippen LogP contribution in [0.4, 0.5) is 5.69 Å². The van der Waals surface area contributed by atoms with Gasteiger partial charge in [0.1, 0.15) is 6.04 Å². The molecule has 0 aromatic heterocycles. The number of hydroxylamine groups is 1. The summed E-state index contributed by atoms with van der Waals surface area (Å²) in [6.45, 7) is 2.61. The second-order valence-corrected chi connectivity index (χ2v) is 8.41. The summed E-state index contributed by atoms with van der Waals surface area (Å²) in [7, 11) is 0. The molecule has 35 heavy (non-hydrogen) atoms. The Kier molecular flexibility index (Phi) is 13.1. The van der Waals surface area contributed by atoms with Crippen molar-refractivity contribution in [1.29, 1.82) is 0 Å². The molecule has 190 valence electrons. The number of hydrogen-bond acceptors (Lipinski definition) is 6. The van der Waals surface area contributed by atoms with E-state index in [0.717, 1.165) is 31.2 Å². The van der Waals surface area contributed by atoms with E-state index in [1.165, 1.54) is 5.56 Å². The maximum absolute atomic E-state index is 12.4. The van der Waals surface area contributed by atoms with E-state index in [0.29, 0.717) is 38.1 Å².